The molecule has 0 aliphatic carbocycles. The maximum atomic E-state index is 12.7. The van der Waals surface area contributed by atoms with Crippen molar-refractivity contribution in [2.75, 3.05) is 36.5 Å². The van der Waals surface area contributed by atoms with Crippen LogP contribution in [0.15, 0.2) is 42.5 Å². The summed E-state index contributed by atoms with van der Waals surface area (Å²) in [6.07, 6.45) is 0.969. The molecule has 3 rings (SSSR count). The Bertz CT molecular complexity index is 976. The van der Waals surface area contributed by atoms with Gasteiger partial charge in [-0.1, -0.05) is 32.0 Å². The lowest BCUT2D eigenvalue weighted by Gasteiger charge is -2.28. The van der Waals surface area contributed by atoms with Gasteiger partial charge in [0, 0.05) is 30.4 Å². The van der Waals surface area contributed by atoms with E-state index in [2.05, 4.69) is 24.5 Å². The Morgan fingerprint density at radius 3 is 2.65 bits per heavy atom. The number of amides is 1. The first-order chi connectivity index (χ1) is 14.9. The first-order valence-electron chi connectivity index (χ1n) is 10.2. The summed E-state index contributed by atoms with van der Waals surface area (Å²) < 4.78 is 5.31. The molecule has 1 amide bonds. The molecule has 164 valence electrons. The van der Waals surface area contributed by atoms with E-state index >= 15 is 0 Å². The average Bonchev–Trinajstić information content (AvgIpc) is 2.79. The SMILES string of the molecule is CC[C@@H](C)c1ccccc1NC(=S)NC(=O)c1ccc(N2CCOCC2)c([N+](=O)[O-])c1. The summed E-state index contributed by atoms with van der Waals surface area (Å²) in [5.41, 5.74) is 2.47. The number of carbonyl (C=O) groups is 1. The molecule has 1 aliphatic rings. The number of nitrogens with zero attached hydrogens (tertiary/aromatic N) is 2. The molecular weight excluding hydrogens is 416 g/mol. The highest BCUT2D eigenvalue weighted by molar-refractivity contribution is 7.80. The van der Waals surface area contributed by atoms with Crippen molar-refractivity contribution < 1.29 is 14.5 Å². The fourth-order valence-electron chi connectivity index (χ4n) is 3.47. The molecule has 8 nitrogen and oxygen atoms in total. The lowest BCUT2D eigenvalue weighted by Crippen LogP contribution is -2.37. The number of thiocarbonyl (C=S) groups is 1. The Labute approximate surface area is 186 Å². The predicted molar refractivity (Wildman–Crippen MR) is 125 cm³/mol. The van der Waals surface area contributed by atoms with E-state index in [0.29, 0.717) is 37.9 Å². The highest BCUT2D eigenvalue weighted by atomic mass is 32.1. The second-order valence-electron chi connectivity index (χ2n) is 7.36. The summed E-state index contributed by atoms with van der Waals surface area (Å²) in [6, 6.07) is 12.2. The summed E-state index contributed by atoms with van der Waals surface area (Å²) in [4.78, 5) is 25.7. The number of benzene rings is 2. The summed E-state index contributed by atoms with van der Waals surface area (Å²) in [7, 11) is 0. The van der Waals surface area contributed by atoms with Gasteiger partial charge in [-0.3, -0.25) is 20.2 Å². The normalized spacial score (nSPS) is 14.6. The van der Waals surface area contributed by atoms with Crippen molar-refractivity contribution in [3.05, 3.63) is 63.7 Å². The monoisotopic (exact) mass is 442 g/mol. The van der Waals surface area contributed by atoms with Gasteiger partial charge in [0.25, 0.3) is 11.6 Å². The highest BCUT2D eigenvalue weighted by Crippen LogP contribution is 2.30. The molecule has 0 spiro atoms. The zero-order chi connectivity index (χ0) is 22.4. The van der Waals surface area contributed by atoms with Crippen molar-refractivity contribution in [1.82, 2.24) is 5.32 Å². The number of morpholine rings is 1. The molecule has 1 atom stereocenters. The first-order valence-corrected chi connectivity index (χ1v) is 10.6. The molecule has 2 aromatic rings. The van der Waals surface area contributed by atoms with Crippen LogP contribution in [0.1, 0.15) is 42.1 Å². The number of ether oxygens (including phenoxy) is 1. The minimum Gasteiger partial charge on any atom is -0.378 e. The maximum absolute atomic E-state index is 12.7. The Morgan fingerprint density at radius 1 is 1.26 bits per heavy atom. The minimum absolute atomic E-state index is 0.115. The predicted octanol–water partition coefficient (Wildman–Crippen LogP) is 4.07. The van der Waals surface area contributed by atoms with Gasteiger partial charge in [-0.05, 0) is 48.3 Å². The van der Waals surface area contributed by atoms with Gasteiger partial charge in [-0.2, -0.15) is 0 Å². The maximum Gasteiger partial charge on any atom is 0.293 e. The number of nitro groups is 1. The van der Waals surface area contributed by atoms with Crippen LogP contribution >= 0.6 is 12.2 Å². The molecule has 9 heteroatoms. The van der Waals surface area contributed by atoms with Gasteiger partial charge in [-0.25, -0.2) is 0 Å². The van der Waals surface area contributed by atoms with Gasteiger partial charge in [0.05, 0.1) is 18.1 Å². The van der Waals surface area contributed by atoms with Crippen molar-refractivity contribution in [2.24, 2.45) is 0 Å². The fourth-order valence-corrected chi connectivity index (χ4v) is 3.67. The van der Waals surface area contributed by atoms with Gasteiger partial charge in [0.1, 0.15) is 5.69 Å². The van der Waals surface area contributed by atoms with E-state index < -0.39 is 10.8 Å². The first kappa shape index (κ1) is 22.6. The van der Waals surface area contributed by atoms with Crippen molar-refractivity contribution in [3.63, 3.8) is 0 Å². The van der Waals surface area contributed by atoms with Crippen molar-refractivity contribution in [1.29, 1.82) is 0 Å². The number of hydrogen-bond donors (Lipinski definition) is 2. The standard InChI is InChI=1S/C22H26N4O4S/c1-3-15(2)17-6-4-5-7-18(17)23-22(31)24-21(27)16-8-9-19(20(14-16)26(28)29)25-10-12-30-13-11-25/h4-9,14-15H,3,10-13H2,1-2H3,(H2,23,24,27,31)/t15-/m1/s1. The second kappa shape index (κ2) is 10.3. The molecule has 0 aromatic heterocycles. The Hall–Kier alpha value is -3.04. The smallest absolute Gasteiger partial charge is 0.293 e. The van der Waals surface area contributed by atoms with E-state index in [-0.39, 0.29) is 16.4 Å². The van der Waals surface area contributed by atoms with E-state index in [4.69, 9.17) is 17.0 Å². The van der Waals surface area contributed by atoms with Crippen LogP contribution in [0.4, 0.5) is 17.1 Å². The van der Waals surface area contributed by atoms with E-state index in [1.807, 2.05) is 29.2 Å². The van der Waals surface area contributed by atoms with Crippen molar-refractivity contribution in [3.8, 4) is 0 Å². The molecule has 0 saturated carbocycles. The van der Waals surface area contributed by atoms with Crippen LogP contribution in [-0.2, 0) is 4.74 Å². The average molecular weight is 443 g/mol. The lowest BCUT2D eigenvalue weighted by molar-refractivity contribution is -0.384. The van der Waals surface area contributed by atoms with E-state index in [0.717, 1.165) is 17.7 Å². The molecule has 31 heavy (non-hydrogen) atoms. The largest absolute Gasteiger partial charge is 0.378 e. The fraction of sp³-hybridized carbons (Fsp3) is 0.364. The van der Waals surface area contributed by atoms with Crippen LogP contribution in [0.25, 0.3) is 0 Å². The summed E-state index contributed by atoms with van der Waals surface area (Å²) in [6.45, 7) is 6.38. The topological polar surface area (TPSA) is 96.7 Å². The molecule has 0 bridgehead atoms. The molecule has 1 heterocycles. The molecule has 1 fully saturated rings. The number of nitrogens with one attached hydrogen (secondary N) is 2. The molecule has 1 saturated heterocycles. The van der Waals surface area contributed by atoms with Gasteiger partial charge < -0.3 is 15.0 Å². The third kappa shape index (κ3) is 5.56. The number of rotatable bonds is 6. The van der Waals surface area contributed by atoms with Crippen molar-refractivity contribution >= 4 is 40.3 Å². The number of carbonyl (C=O) groups excluding carboxylic acids is 1. The molecule has 0 unspecified atom stereocenters. The van der Waals surface area contributed by atoms with Crippen LogP contribution in [0.5, 0.6) is 0 Å². The van der Waals surface area contributed by atoms with Gasteiger partial charge >= 0.3 is 0 Å². The quantitative estimate of drug-likeness (QED) is 0.395. The molecule has 1 aliphatic heterocycles. The number of nitro benzene ring substituents is 1. The van der Waals surface area contributed by atoms with E-state index in [1.54, 1.807) is 12.1 Å². The second-order valence-corrected chi connectivity index (χ2v) is 7.77. The van der Waals surface area contributed by atoms with Gasteiger partial charge in [0.15, 0.2) is 5.11 Å². The Kier molecular flexibility index (Phi) is 7.54. The highest BCUT2D eigenvalue weighted by Gasteiger charge is 2.23. The number of para-hydroxylation sites is 1. The van der Waals surface area contributed by atoms with E-state index in [9.17, 15) is 14.9 Å². The molecule has 2 N–H and O–H groups in total. The molecule has 2 aromatic carbocycles. The minimum atomic E-state index is -0.504. The van der Waals surface area contributed by atoms with Crippen LogP contribution in [0, 0.1) is 10.1 Å². The van der Waals surface area contributed by atoms with Gasteiger partial charge in [-0.15, -0.1) is 0 Å². The van der Waals surface area contributed by atoms with Crippen LogP contribution in [0.2, 0.25) is 0 Å². The van der Waals surface area contributed by atoms with Crippen molar-refractivity contribution in [2.45, 2.75) is 26.2 Å². The van der Waals surface area contributed by atoms with Crippen LogP contribution in [-0.4, -0.2) is 42.2 Å². The molecule has 0 radical (unpaired) electrons. The number of hydrogen-bond acceptors (Lipinski definition) is 6. The summed E-state index contributed by atoms with van der Waals surface area (Å²) in [5.74, 6) is -0.173. The third-order valence-electron chi connectivity index (χ3n) is 5.37. The zero-order valence-corrected chi connectivity index (χ0v) is 18.4. The van der Waals surface area contributed by atoms with Gasteiger partial charge in [0.2, 0.25) is 0 Å². The summed E-state index contributed by atoms with van der Waals surface area (Å²) >= 11 is 5.31. The Balaban J connectivity index is 1.74. The summed E-state index contributed by atoms with van der Waals surface area (Å²) in [5, 5.41) is 17.4. The Morgan fingerprint density at radius 2 is 1.97 bits per heavy atom. The van der Waals surface area contributed by atoms with Crippen LogP contribution in [0.3, 0.4) is 0 Å². The molecular formula is C22H26N4O4S. The number of anilines is 2. The lowest BCUT2D eigenvalue weighted by atomic mass is 9.97. The van der Waals surface area contributed by atoms with E-state index in [1.165, 1.54) is 6.07 Å². The zero-order valence-electron chi connectivity index (χ0n) is 17.6. The van der Waals surface area contributed by atoms with Crippen LogP contribution < -0.4 is 15.5 Å². The third-order valence-corrected chi connectivity index (χ3v) is 5.57.